The van der Waals surface area contributed by atoms with E-state index >= 15 is 0 Å². The van der Waals surface area contributed by atoms with Gasteiger partial charge in [-0.3, -0.25) is 24.1 Å². The highest BCUT2D eigenvalue weighted by atomic mass is 16.5. The molecule has 6 rings (SSSR count). The van der Waals surface area contributed by atoms with Crippen molar-refractivity contribution in [1.29, 1.82) is 0 Å². The minimum absolute atomic E-state index is 0.112. The SMILES string of the molecule is CC1=CC(=O)C2=C(CC3C(=CCC4C(=O)N(CCc5ccc(O)cc5)C(=O)C43)C2c2ccc(OCCO)cc2)C1=O. The molecule has 0 radical (unpaired) electrons. The van der Waals surface area contributed by atoms with Crippen molar-refractivity contribution in [1.82, 2.24) is 4.90 Å². The number of carbonyl (C=O) groups excluding carboxylic acids is 4. The monoisotopic (exact) mass is 553 g/mol. The van der Waals surface area contributed by atoms with Crippen LogP contribution < -0.4 is 4.74 Å². The van der Waals surface area contributed by atoms with E-state index in [9.17, 15) is 24.3 Å². The molecule has 1 heterocycles. The number of fused-ring (bicyclic) bond motifs is 3. The van der Waals surface area contributed by atoms with Gasteiger partial charge >= 0.3 is 0 Å². The second-order valence-electron chi connectivity index (χ2n) is 11.1. The lowest BCUT2D eigenvalue weighted by Gasteiger charge is -2.42. The molecule has 0 saturated carbocycles. The van der Waals surface area contributed by atoms with Crippen LogP contribution in [0.4, 0.5) is 0 Å². The first-order chi connectivity index (χ1) is 19.8. The quantitative estimate of drug-likeness (QED) is 0.306. The molecule has 0 aromatic heterocycles. The summed E-state index contributed by atoms with van der Waals surface area (Å²) in [6.45, 7) is 1.92. The van der Waals surface area contributed by atoms with Gasteiger partial charge in [-0.05, 0) is 73.6 Å². The summed E-state index contributed by atoms with van der Waals surface area (Å²) in [5, 5.41) is 18.6. The third kappa shape index (κ3) is 4.62. The molecule has 0 bridgehead atoms. The number of aliphatic hydroxyl groups excluding tert-OH is 1. The number of imide groups is 1. The summed E-state index contributed by atoms with van der Waals surface area (Å²) in [6.07, 6.45) is 4.52. The fourth-order valence-corrected chi connectivity index (χ4v) is 6.87. The molecule has 1 saturated heterocycles. The second-order valence-corrected chi connectivity index (χ2v) is 11.1. The number of allylic oxidation sites excluding steroid dienone is 6. The first-order valence-electron chi connectivity index (χ1n) is 14.0. The zero-order valence-electron chi connectivity index (χ0n) is 22.7. The van der Waals surface area contributed by atoms with Crippen LogP contribution in [0.1, 0.15) is 36.8 Å². The molecule has 0 spiro atoms. The Hall–Kier alpha value is -4.30. The Morgan fingerprint density at radius 1 is 0.951 bits per heavy atom. The Labute approximate surface area is 237 Å². The fourth-order valence-electron chi connectivity index (χ4n) is 6.87. The number of benzene rings is 2. The largest absolute Gasteiger partial charge is 0.508 e. The van der Waals surface area contributed by atoms with E-state index in [0.29, 0.717) is 35.3 Å². The minimum atomic E-state index is -0.597. The van der Waals surface area contributed by atoms with Crippen LogP contribution in [0.15, 0.2) is 83.0 Å². The Balaban J connectivity index is 1.34. The van der Waals surface area contributed by atoms with E-state index in [-0.39, 0.29) is 61.2 Å². The molecule has 2 aromatic rings. The number of ether oxygens (including phenoxy) is 1. The topological polar surface area (TPSA) is 121 Å². The van der Waals surface area contributed by atoms with Crippen molar-refractivity contribution in [3.05, 3.63) is 94.1 Å². The van der Waals surface area contributed by atoms with E-state index < -0.39 is 17.8 Å². The molecule has 4 atom stereocenters. The number of ketones is 2. The van der Waals surface area contributed by atoms with Gasteiger partial charge in [0.2, 0.25) is 11.8 Å². The van der Waals surface area contributed by atoms with Gasteiger partial charge in [0.1, 0.15) is 18.1 Å². The highest BCUT2D eigenvalue weighted by molar-refractivity contribution is 6.23. The molecular weight excluding hydrogens is 522 g/mol. The Morgan fingerprint density at radius 2 is 1.68 bits per heavy atom. The van der Waals surface area contributed by atoms with E-state index in [4.69, 9.17) is 9.84 Å². The molecule has 8 nitrogen and oxygen atoms in total. The van der Waals surface area contributed by atoms with Crippen LogP contribution in [0.3, 0.4) is 0 Å². The maximum Gasteiger partial charge on any atom is 0.233 e. The van der Waals surface area contributed by atoms with Crippen molar-refractivity contribution in [3.63, 3.8) is 0 Å². The number of aromatic hydroxyl groups is 1. The zero-order chi connectivity index (χ0) is 28.8. The Kier molecular flexibility index (Phi) is 6.95. The molecule has 2 N–H and O–H groups in total. The summed E-state index contributed by atoms with van der Waals surface area (Å²) in [4.78, 5) is 55.5. The number of Topliss-reactive ketones (excluding diaryl/α,β-unsaturated/α-hetero) is 1. The predicted molar refractivity (Wildman–Crippen MR) is 149 cm³/mol. The van der Waals surface area contributed by atoms with Gasteiger partial charge in [-0.15, -0.1) is 0 Å². The van der Waals surface area contributed by atoms with Crippen molar-refractivity contribution < 1.29 is 34.1 Å². The molecule has 2 aromatic carbocycles. The van der Waals surface area contributed by atoms with E-state index in [1.807, 2.05) is 18.2 Å². The second kappa shape index (κ2) is 10.6. The highest BCUT2D eigenvalue weighted by Gasteiger charge is 2.56. The summed E-state index contributed by atoms with van der Waals surface area (Å²) in [5.41, 5.74) is 3.88. The van der Waals surface area contributed by atoms with Crippen molar-refractivity contribution in [2.24, 2.45) is 17.8 Å². The molecule has 4 unspecified atom stereocenters. The van der Waals surface area contributed by atoms with Crippen molar-refractivity contribution >= 4 is 23.4 Å². The van der Waals surface area contributed by atoms with Gasteiger partial charge in [0.05, 0.1) is 18.4 Å². The van der Waals surface area contributed by atoms with Gasteiger partial charge in [-0.25, -0.2) is 0 Å². The third-order valence-corrected chi connectivity index (χ3v) is 8.79. The fraction of sp³-hybridized carbons (Fsp3) is 0.333. The van der Waals surface area contributed by atoms with Crippen LogP contribution in [0.25, 0.3) is 0 Å². The van der Waals surface area contributed by atoms with Gasteiger partial charge in [-0.2, -0.15) is 0 Å². The van der Waals surface area contributed by atoms with Crippen LogP contribution >= 0.6 is 0 Å². The van der Waals surface area contributed by atoms with Gasteiger partial charge in [-0.1, -0.05) is 35.9 Å². The summed E-state index contributed by atoms with van der Waals surface area (Å²) in [6, 6.07) is 14.0. The predicted octanol–water partition coefficient (Wildman–Crippen LogP) is 3.44. The van der Waals surface area contributed by atoms with Crippen LogP contribution in [-0.4, -0.2) is 58.3 Å². The number of nitrogens with zero attached hydrogens (tertiary/aromatic N) is 1. The zero-order valence-corrected chi connectivity index (χ0v) is 22.7. The van der Waals surface area contributed by atoms with Crippen LogP contribution in [0.5, 0.6) is 11.5 Å². The summed E-state index contributed by atoms with van der Waals surface area (Å²) < 4.78 is 5.51. The summed E-state index contributed by atoms with van der Waals surface area (Å²) >= 11 is 0. The van der Waals surface area contributed by atoms with Crippen molar-refractivity contribution in [3.8, 4) is 11.5 Å². The third-order valence-electron chi connectivity index (χ3n) is 8.79. The number of aliphatic hydroxyl groups is 1. The Bertz CT molecular complexity index is 1530. The van der Waals surface area contributed by atoms with Crippen LogP contribution in [0, 0.1) is 17.8 Å². The van der Waals surface area contributed by atoms with E-state index in [1.165, 1.54) is 11.0 Å². The number of amides is 2. The number of carbonyl (C=O) groups is 4. The molecule has 8 heteroatoms. The highest BCUT2D eigenvalue weighted by Crippen LogP contribution is 2.55. The van der Waals surface area contributed by atoms with E-state index in [1.54, 1.807) is 43.3 Å². The summed E-state index contributed by atoms with van der Waals surface area (Å²) in [5.74, 6) is -2.07. The van der Waals surface area contributed by atoms with Crippen LogP contribution in [0.2, 0.25) is 0 Å². The average molecular weight is 554 g/mol. The lowest BCUT2D eigenvalue weighted by molar-refractivity contribution is -0.140. The molecule has 1 aliphatic heterocycles. The first-order valence-corrected chi connectivity index (χ1v) is 14.0. The first kappa shape index (κ1) is 26.9. The average Bonchev–Trinajstić information content (AvgIpc) is 3.22. The maximum atomic E-state index is 13.9. The van der Waals surface area contributed by atoms with Crippen molar-refractivity contribution in [2.75, 3.05) is 19.8 Å². The normalized spacial score (nSPS) is 25.5. The molecule has 41 heavy (non-hydrogen) atoms. The van der Waals surface area contributed by atoms with E-state index in [2.05, 4.69) is 0 Å². The lowest BCUT2D eigenvalue weighted by atomic mass is 9.59. The van der Waals surface area contributed by atoms with Crippen molar-refractivity contribution in [2.45, 2.75) is 32.1 Å². The standard InChI is InChI=1S/C33H31NO7/c1-18-16-27(37)30-26(31(18)38)17-25-23(28(30)20-4-8-22(9-5-20)41-15-14-35)10-11-24-29(25)33(40)34(32(24)39)13-12-19-2-6-21(36)7-3-19/h2-10,16,24-25,28-29,35-36H,11-15,17H2,1H3. The smallest absolute Gasteiger partial charge is 0.233 e. The van der Waals surface area contributed by atoms with Gasteiger partial charge in [0.25, 0.3) is 0 Å². The number of phenolic OH excluding ortho intramolecular Hbond substituents is 1. The maximum absolute atomic E-state index is 13.9. The molecule has 4 aliphatic rings. The number of phenols is 1. The number of likely N-dealkylation sites (tertiary alicyclic amines) is 1. The molecule has 1 fully saturated rings. The Morgan fingerprint density at radius 3 is 2.39 bits per heavy atom. The lowest BCUT2D eigenvalue weighted by Crippen LogP contribution is -2.40. The summed E-state index contributed by atoms with van der Waals surface area (Å²) in [7, 11) is 0. The molecule has 2 amide bonds. The van der Waals surface area contributed by atoms with Gasteiger partial charge in [0, 0.05) is 29.2 Å². The number of hydrogen-bond donors (Lipinski definition) is 2. The molecule has 3 aliphatic carbocycles. The number of hydrogen-bond acceptors (Lipinski definition) is 7. The number of rotatable bonds is 7. The van der Waals surface area contributed by atoms with Crippen LogP contribution in [-0.2, 0) is 25.6 Å². The van der Waals surface area contributed by atoms with Gasteiger partial charge in [0.15, 0.2) is 11.6 Å². The molecular formula is C33H31NO7. The minimum Gasteiger partial charge on any atom is -0.508 e. The van der Waals surface area contributed by atoms with E-state index in [0.717, 1.165) is 16.7 Å². The molecule has 210 valence electrons. The van der Waals surface area contributed by atoms with Gasteiger partial charge < -0.3 is 14.9 Å².